The molecule has 1 heterocycles. The molecule has 5 nitrogen and oxygen atoms in total. The molecule has 26 heavy (non-hydrogen) atoms. The van der Waals surface area contributed by atoms with Crippen LogP contribution in [-0.4, -0.2) is 28.8 Å². The number of nitrogens with zero attached hydrogens (tertiary/aromatic N) is 2. The van der Waals surface area contributed by atoms with E-state index in [-0.39, 0.29) is 17.1 Å². The second-order valence-electron chi connectivity index (χ2n) is 5.27. The first kappa shape index (κ1) is 18.3. The smallest absolute Gasteiger partial charge is 0.206 e. The molecule has 0 radical (unpaired) electrons. The van der Waals surface area contributed by atoms with Crippen LogP contribution in [0.4, 0.5) is 9.52 Å². The first-order valence-corrected chi connectivity index (χ1v) is 9.57. The van der Waals surface area contributed by atoms with Crippen LogP contribution in [0.3, 0.4) is 0 Å². The van der Waals surface area contributed by atoms with Crippen LogP contribution in [0.2, 0.25) is 0 Å². The van der Waals surface area contributed by atoms with Gasteiger partial charge in [0.15, 0.2) is 10.1 Å². The molecule has 0 saturated heterocycles. The van der Waals surface area contributed by atoms with Crippen molar-refractivity contribution in [3.8, 4) is 5.75 Å². The fraction of sp³-hybridized carbons (Fsp3) is 0.167. The third-order valence-electron chi connectivity index (χ3n) is 3.48. The molecule has 0 fully saturated rings. The summed E-state index contributed by atoms with van der Waals surface area (Å²) < 4.78 is 19.2. The van der Waals surface area contributed by atoms with Gasteiger partial charge in [0, 0.05) is 6.54 Å². The van der Waals surface area contributed by atoms with Crippen molar-refractivity contribution in [3.05, 3.63) is 65.5 Å². The van der Waals surface area contributed by atoms with Crippen molar-refractivity contribution in [2.45, 2.75) is 10.9 Å². The highest BCUT2D eigenvalue weighted by molar-refractivity contribution is 8.01. The van der Waals surface area contributed by atoms with Crippen LogP contribution < -0.4 is 10.1 Å². The highest BCUT2D eigenvalue weighted by Crippen LogP contribution is 2.28. The number of halogens is 1. The number of aromatic nitrogens is 2. The Balaban J connectivity index is 1.56. The molecule has 0 bridgehead atoms. The number of benzene rings is 2. The van der Waals surface area contributed by atoms with Crippen LogP contribution in [0, 0.1) is 5.82 Å². The van der Waals surface area contributed by atoms with Gasteiger partial charge in [0.25, 0.3) is 0 Å². The average Bonchev–Trinajstić information content (AvgIpc) is 3.13. The van der Waals surface area contributed by atoms with E-state index in [1.54, 1.807) is 0 Å². The number of rotatable bonds is 8. The Morgan fingerprint density at radius 3 is 2.81 bits per heavy atom. The van der Waals surface area contributed by atoms with Crippen molar-refractivity contribution in [1.82, 2.24) is 10.2 Å². The Kier molecular flexibility index (Phi) is 6.19. The molecular weight excluding hydrogens is 373 g/mol. The number of anilines is 1. The molecule has 8 heteroatoms. The molecule has 134 valence electrons. The summed E-state index contributed by atoms with van der Waals surface area (Å²) in [5.74, 6) is -0.199. The van der Waals surface area contributed by atoms with E-state index in [1.165, 1.54) is 48.4 Å². The van der Waals surface area contributed by atoms with Crippen molar-refractivity contribution < 1.29 is 13.9 Å². The monoisotopic (exact) mass is 389 g/mol. The van der Waals surface area contributed by atoms with E-state index in [1.807, 2.05) is 30.3 Å². The zero-order valence-electron chi connectivity index (χ0n) is 13.9. The van der Waals surface area contributed by atoms with Crippen LogP contribution in [-0.2, 0) is 6.54 Å². The average molecular weight is 389 g/mol. The van der Waals surface area contributed by atoms with Crippen LogP contribution in [0.5, 0.6) is 5.75 Å². The maximum Gasteiger partial charge on any atom is 0.206 e. The second-order valence-corrected chi connectivity index (χ2v) is 7.47. The lowest BCUT2D eigenvalue weighted by molar-refractivity contribution is 0.101. The molecule has 1 aromatic heterocycles. The van der Waals surface area contributed by atoms with Crippen LogP contribution in [0.15, 0.2) is 52.9 Å². The van der Waals surface area contributed by atoms with Gasteiger partial charge in [-0.05, 0) is 23.8 Å². The zero-order chi connectivity index (χ0) is 18.4. The number of carbonyl (C=O) groups is 1. The highest BCUT2D eigenvalue weighted by Gasteiger charge is 2.15. The lowest BCUT2D eigenvalue weighted by Gasteiger charge is -2.06. The Bertz CT molecular complexity index is 887. The van der Waals surface area contributed by atoms with Gasteiger partial charge in [-0.25, -0.2) is 4.39 Å². The summed E-state index contributed by atoms with van der Waals surface area (Å²) >= 11 is 2.64. The van der Waals surface area contributed by atoms with E-state index in [2.05, 4.69) is 15.5 Å². The van der Waals surface area contributed by atoms with Crippen molar-refractivity contribution in [3.63, 3.8) is 0 Å². The molecule has 0 atom stereocenters. The van der Waals surface area contributed by atoms with Crippen LogP contribution in [0.1, 0.15) is 15.9 Å². The third kappa shape index (κ3) is 4.80. The van der Waals surface area contributed by atoms with Gasteiger partial charge in [-0.15, -0.1) is 10.2 Å². The highest BCUT2D eigenvalue weighted by atomic mass is 32.2. The fourth-order valence-corrected chi connectivity index (χ4v) is 3.85. The lowest BCUT2D eigenvalue weighted by Crippen LogP contribution is -2.05. The van der Waals surface area contributed by atoms with Crippen molar-refractivity contribution >= 4 is 34.0 Å². The van der Waals surface area contributed by atoms with E-state index in [4.69, 9.17) is 4.74 Å². The maximum atomic E-state index is 13.4. The molecular formula is C18H16FN3O2S2. The standard InChI is InChI=1S/C18H16FN3O2S2/c1-24-16-8-7-13(19)9-14(16)15(23)11-25-18-22-21-17(26-18)20-10-12-5-3-2-4-6-12/h2-9H,10-11H2,1H3,(H,20,21). The molecule has 0 spiro atoms. The van der Waals surface area contributed by atoms with Crippen molar-refractivity contribution in [2.75, 3.05) is 18.2 Å². The topological polar surface area (TPSA) is 64.1 Å². The minimum absolute atomic E-state index is 0.132. The largest absolute Gasteiger partial charge is 0.496 e. The van der Waals surface area contributed by atoms with Gasteiger partial charge in [0.05, 0.1) is 18.4 Å². The third-order valence-corrected chi connectivity index (χ3v) is 5.50. The summed E-state index contributed by atoms with van der Waals surface area (Å²) in [5.41, 5.74) is 1.37. The van der Waals surface area contributed by atoms with Gasteiger partial charge in [0.2, 0.25) is 5.13 Å². The Morgan fingerprint density at radius 1 is 1.23 bits per heavy atom. The van der Waals surface area contributed by atoms with Crippen LogP contribution in [0.25, 0.3) is 0 Å². The summed E-state index contributed by atoms with van der Waals surface area (Å²) in [6.45, 7) is 0.652. The molecule has 0 aliphatic heterocycles. The molecule has 0 aliphatic rings. The number of carbonyl (C=O) groups excluding carboxylic acids is 1. The Morgan fingerprint density at radius 2 is 2.04 bits per heavy atom. The number of hydrogen-bond acceptors (Lipinski definition) is 7. The van der Waals surface area contributed by atoms with Gasteiger partial charge in [-0.1, -0.05) is 53.4 Å². The van der Waals surface area contributed by atoms with Crippen molar-refractivity contribution in [2.24, 2.45) is 0 Å². The number of thioether (sulfide) groups is 1. The lowest BCUT2D eigenvalue weighted by atomic mass is 10.1. The number of ketones is 1. The van der Waals surface area contributed by atoms with E-state index in [0.29, 0.717) is 21.8 Å². The normalized spacial score (nSPS) is 10.5. The summed E-state index contributed by atoms with van der Waals surface area (Å²) in [5, 5.41) is 12.0. The van der Waals surface area contributed by atoms with Gasteiger partial charge < -0.3 is 10.1 Å². The van der Waals surface area contributed by atoms with Gasteiger partial charge in [-0.3, -0.25) is 4.79 Å². The molecule has 0 saturated carbocycles. The summed E-state index contributed by atoms with van der Waals surface area (Å²) in [6, 6.07) is 13.9. The number of hydrogen-bond donors (Lipinski definition) is 1. The summed E-state index contributed by atoms with van der Waals surface area (Å²) in [6.07, 6.45) is 0. The SMILES string of the molecule is COc1ccc(F)cc1C(=O)CSc1nnc(NCc2ccccc2)s1. The van der Waals surface area contributed by atoms with E-state index in [0.717, 1.165) is 5.56 Å². The fourth-order valence-electron chi connectivity index (χ4n) is 2.22. The zero-order valence-corrected chi connectivity index (χ0v) is 15.6. The number of Topliss-reactive ketones (excluding diaryl/α,β-unsaturated/α-hetero) is 1. The molecule has 2 aromatic carbocycles. The maximum absolute atomic E-state index is 13.4. The van der Waals surface area contributed by atoms with E-state index in [9.17, 15) is 9.18 Å². The van der Waals surface area contributed by atoms with Gasteiger partial charge in [-0.2, -0.15) is 0 Å². The van der Waals surface area contributed by atoms with Gasteiger partial charge in [0.1, 0.15) is 11.6 Å². The van der Waals surface area contributed by atoms with Crippen molar-refractivity contribution in [1.29, 1.82) is 0 Å². The number of nitrogens with one attached hydrogen (secondary N) is 1. The van der Waals surface area contributed by atoms with Crippen LogP contribution >= 0.6 is 23.1 Å². The first-order valence-electron chi connectivity index (χ1n) is 7.76. The van der Waals surface area contributed by atoms with E-state index >= 15 is 0 Å². The quantitative estimate of drug-likeness (QED) is 0.458. The number of ether oxygens (including phenoxy) is 1. The first-order chi connectivity index (χ1) is 12.7. The van der Waals surface area contributed by atoms with E-state index < -0.39 is 5.82 Å². The predicted molar refractivity (Wildman–Crippen MR) is 102 cm³/mol. The summed E-state index contributed by atoms with van der Waals surface area (Å²) in [4.78, 5) is 12.3. The Labute approximate surface area is 158 Å². The minimum atomic E-state index is -0.470. The minimum Gasteiger partial charge on any atom is -0.496 e. The predicted octanol–water partition coefficient (Wildman–Crippen LogP) is 4.27. The Hall–Kier alpha value is -2.45. The summed E-state index contributed by atoms with van der Waals surface area (Å²) in [7, 11) is 1.45. The second kappa shape index (κ2) is 8.77. The molecule has 0 amide bonds. The molecule has 3 aromatic rings. The molecule has 1 N–H and O–H groups in total. The number of methoxy groups -OCH3 is 1. The molecule has 3 rings (SSSR count). The van der Waals surface area contributed by atoms with Gasteiger partial charge >= 0.3 is 0 Å². The molecule has 0 aliphatic carbocycles. The molecule has 0 unspecified atom stereocenters.